The minimum absolute atomic E-state index is 0.140. The van der Waals surface area contributed by atoms with Crippen LogP contribution < -0.4 is 5.32 Å². The van der Waals surface area contributed by atoms with E-state index in [1.165, 1.54) is 0 Å². The highest BCUT2D eigenvalue weighted by Gasteiger charge is 2.01. The lowest BCUT2D eigenvalue weighted by Gasteiger charge is -2.09. The third-order valence-electron chi connectivity index (χ3n) is 2.47. The van der Waals surface area contributed by atoms with Crippen LogP contribution in [-0.4, -0.2) is 23.2 Å². The molecule has 0 radical (unpaired) electrons. The van der Waals surface area contributed by atoms with E-state index in [2.05, 4.69) is 18.5 Å². The number of hydrogen-bond donors (Lipinski definition) is 2. The average molecular weight is 260 g/mol. The van der Waals surface area contributed by atoms with Crippen LogP contribution in [0.4, 0.5) is 0 Å². The maximum atomic E-state index is 9.26. The van der Waals surface area contributed by atoms with Crippen molar-refractivity contribution in [3.05, 3.63) is 28.8 Å². The summed E-state index contributed by atoms with van der Waals surface area (Å²) in [5.74, 6) is 0.140. The summed E-state index contributed by atoms with van der Waals surface area (Å²) in [6.45, 7) is 4.02. The van der Waals surface area contributed by atoms with Gasteiger partial charge in [-0.25, -0.2) is 0 Å². The molecule has 0 saturated heterocycles. The average Bonchev–Trinajstić information content (AvgIpc) is 2.28. The fraction of sp³-hybridized carbons (Fsp3) is 0.500. The molecule has 1 rings (SSSR count). The van der Waals surface area contributed by atoms with Gasteiger partial charge in [0.15, 0.2) is 0 Å². The van der Waals surface area contributed by atoms with Crippen molar-refractivity contribution in [1.29, 1.82) is 0 Å². The number of phenolic OH excluding ortho intramolecular Hbond substituents is 1. The van der Waals surface area contributed by atoms with Gasteiger partial charge in [-0.2, -0.15) is 11.8 Å². The van der Waals surface area contributed by atoms with Gasteiger partial charge in [0.1, 0.15) is 5.75 Å². The van der Waals surface area contributed by atoms with Crippen LogP contribution in [0.3, 0.4) is 0 Å². The maximum Gasteiger partial charge on any atom is 0.134 e. The zero-order valence-corrected chi connectivity index (χ0v) is 11.2. The third-order valence-corrected chi connectivity index (χ3v) is 3.81. The lowest BCUT2D eigenvalue weighted by Crippen LogP contribution is -2.17. The second-order valence-electron chi connectivity index (χ2n) is 3.80. The van der Waals surface area contributed by atoms with E-state index < -0.39 is 0 Å². The Morgan fingerprint density at radius 1 is 1.50 bits per heavy atom. The topological polar surface area (TPSA) is 32.3 Å². The van der Waals surface area contributed by atoms with Gasteiger partial charge in [0, 0.05) is 11.8 Å². The Kier molecular flexibility index (Phi) is 6.03. The fourth-order valence-electron chi connectivity index (χ4n) is 1.32. The molecule has 2 nitrogen and oxygen atoms in total. The molecule has 0 aromatic heterocycles. The van der Waals surface area contributed by atoms with Crippen LogP contribution in [0.15, 0.2) is 18.2 Å². The van der Waals surface area contributed by atoms with E-state index in [9.17, 15) is 5.11 Å². The third kappa shape index (κ3) is 4.64. The van der Waals surface area contributed by atoms with Gasteiger partial charge in [0.05, 0.1) is 5.02 Å². The molecular formula is C12H18ClNOS. The van der Waals surface area contributed by atoms with Crippen molar-refractivity contribution in [2.45, 2.75) is 25.1 Å². The van der Waals surface area contributed by atoms with Gasteiger partial charge in [-0.05, 0) is 36.9 Å². The Morgan fingerprint density at radius 3 is 2.88 bits per heavy atom. The van der Waals surface area contributed by atoms with Crippen molar-refractivity contribution in [2.24, 2.45) is 0 Å². The number of phenols is 1. The molecule has 0 spiro atoms. The second kappa shape index (κ2) is 7.05. The summed E-state index contributed by atoms with van der Waals surface area (Å²) in [6, 6.07) is 5.30. The molecule has 0 aliphatic carbocycles. The number of nitrogens with one attached hydrogen (secondary N) is 1. The first kappa shape index (κ1) is 13.7. The normalized spacial score (nSPS) is 12.7. The van der Waals surface area contributed by atoms with E-state index >= 15 is 0 Å². The first-order chi connectivity index (χ1) is 7.63. The molecule has 0 saturated carbocycles. The van der Waals surface area contributed by atoms with E-state index in [1.807, 2.05) is 17.8 Å². The molecule has 0 aliphatic rings. The molecule has 0 fully saturated rings. The molecule has 0 aliphatic heterocycles. The number of halogens is 1. The molecule has 0 heterocycles. The SMILES string of the molecule is CSC(C)CCNCc1ccc(O)c(Cl)c1. The van der Waals surface area contributed by atoms with Crippen molar-refractivity contribution >= 4 is 23.4 Å². The van der Waals surface area contributed by atoms with Crippen LogP contribution >= 0.6 is 23.4 Å². The summed E-state index contributed by atoms with van der Waals surface area (Å²) in [5, 5.41) is 13.7. The lowest BCUT2D eigenvalue weighted by molar-refractivity contribution is 0.475. The summed E-state index contributed by atoms with van der Waals surface area (Å²) in [6.07, 6.45) is 3.29. The summed E-state index contributed by atoms with van der Waals surface area (Å²) in [4.78, 5) is 0. The Labute approximate surface area is 106 Å². The number of thioether (sulfide) groups is 1. The molecule has 4 heteroatoms. The molecule has 1 atom stereocenters. The summed E-state index contributed by atoms with van der Waals surface area (Å²) in [7, 11) is 0. The number of benzene rings is 1. The Balaban J connectivity index is 2.29. The van der Waals surface area contributed by atoms with Gasteiger partial charge in [-0.15, -0.1) is 0 Å². The first-order valence-electron chi connectivity index (χ1n) is 5.34. The standard InChI is InChI=1S/C12H18ClNOS/c1-9(16-2)5-6-14-8-10-3-4-12(15)11(13)7-10/h3-4,7,9,14-15H,5-6,8H2,1-2H3. The Morgan fingerprint density at radius 2 is 2.25 bits per heavy atom. The molecule has 0 amide bonds. The number of aromatic hydroxyl groups is 1. The fourth-order valence-corrected chi connectivity index (χ4v) is 1.87. The van der Waals surface area contributed by atoms with E-state index in [1.54, 1.807) is 12.1 Å². The first-order valence-corrected chi connectivity index (χ1v) is 7.01. The highest BCUT2D eigenvalue weighted by Crippen LogP contribution is 2.23. The van der Waals surface area contributed by atoms with Gasteiger partial charge >= 0.3 is 0 Å². The van der Waals surface area contributed by atoms with Crippen LogP contribution in [0.2, 0.25) is 5.02 Å². The van der Waals surface area contributed by atoms with Crippen LogP contribution in [0.5, 0.6) is 5.75 Å². The van der Waals surface area contributed by atoms with Crippen LogP contribution in [0, 0.1) is 0 Å². The van der Waals surface area contributed by atoms with Crippen LogP contribution in [0.25, 0.3) is 0 Å². The zero-order chi connectivity index (χ0) is 12.0. The monoisotopic (exact) mass is 259 g/mol. The largest absolute Gasteiger partial charge is 0.506 e. The van der Waals surface area contributed by atoms with E-state index in [0.29, 0.717) is 10.3 Å². The zero-order valence-electron chi connectivity index (χ0n) is 9.66. The predicted octanol–water partition coefficient (Wildman–Crippen LogP) is 3.28. The van der Waals surface area contributed by atoms with E-state index in [4.69, 9.17) is 11.6 Å². The maximum absolute atomic E-state index is 9.26. The van der Waals surface area contributed by atoms with E-state index in [-0.39, 0.29) is 5.75 Å². The van der Waals surface area contributed by atoms with Crippen molar-refractivity contribution in [1.82, 2.24) is 5.32 Å². The molecule has 90 valence electrons. The van der Waals surface area contributed by atoms with Crippen molar-refractivity contribution in [2.75, 3.05) is 12.8 Å². The second-order valence-corrected chi connectivity index (χ2v) is 5.48. The van der Waals surface area contributed by atoms with Crippen LogP contribution in [0.1, 0.15) is 18.9 Å². The molecule has 2 N–H and O–H groups in total. The highest BCUT2D eigenvalue weighted by atomic mass is 35.5. The predicted molar refractivity (Wildman–Crippen MR) is 72.4 cm³/mol. The van der Waals surface area contributed by atoms with Gasteiger partial charge < -0.3 is 10.4 Å². The summed E-state index contributed by atoms with van der Waals surface area (Å²) in [5.41, 5.74) is 1.10. The number of hydrogen-bond acceptors (Lipinski definition) is 3. The quantitative estimate of drug-likeness (QED) is 0.769. The Bertz CT molecular complexity index is 333. The van der Waals surface area contributed by atoms with Gasteiger partial charge in [-0.1, -0.05) is 24.6 Å². The minimum atomic E-state index is 0.140. The van der Waals surface area contributed by atoms with Crippen molar-refractivity contribution < 1.29 is 5.11 Å². The molecule has 1 aromatic rings. The molecular weight excluding hydrogens is 242 g/mol. The van der Waals surface area contributed by atoms with Crippen molar-refractivity contribution in [3.63, 3.8) is 0 Å². The smallest absolute Gasteiger partial charge is 0.134 e. The minimum Gasteiger partial charge on any atom is -0.506 e. The van der Waals surface area contributed by atoms with Gasteiger partial charge in [0.2, 0.25) is 0 Å². The summed E-state index contributed by atoms with van der Waals surface area (Å²) < 4.78 is 0. The molecule has 16 heavy (non-hydrogen) atoms. The van der Waals surface area contributed by atoms with Crippen molar-refractivity contribution in [3.8, 4) is 5.75 Å². The van der Waals surface area contributed by atoms with Crippen LogP contribution in [-0.2, 0) is 6.54 Å². The number of rotatable bonds is 6. The molecule has 0 bridgehead atoms. The Hall–Kier alpha value is -0.380. The highest BCUT2D eigenvalue weighted by molar-refractivity contribution is 7.99. The lowest BCUT2D eigenvalue weighted by atomic mass is 10.2. The molecule has 1 aromatic carbocycles. The molecule has 1 unspecified atom stereocenters. The summed E-state index contributed by atoms with van der Waals surface area (Å²) >= 11 is 7.70. The van der Waals surface area contributed by atoms with Gasteiger partial charge in [0.25, 0.3) is 0 Å². The van der Waals surface area contributed by atoms with E-state index in [0.717, 1.165) is 25.1 Å². The van der Waals surface area contributed by atoms with Gasteiger partial charge in [-0.3, -0.25) is 0 Å².